The molecule has 2 N–H and O–H groups in total. The van der Waals surface area contributed by atoms with Crippen LogP contribution in [0.25, 0.3) is 0 Å². The molecule has 3 nitrogen and oxygen atoms in total. The van der Waals surface area contributed by atoms with Crippen molar-refractivity contribution >= 4 is 5.91 Å². The van der Waals surface area contributed by atoms with Gasteiger partial charge in [-0.2, -0.15) is 0 Å². The van der Waals surface area contributed by atoms with Crippen LogP contribution >= 0.6 is 0 Å². The first-order valence-corrected chi connectivity index (χ1v) is 8.33. The molecule has 1 aromatic rings. The van der Waals surface area contributed by atoms with Crippen molar-refractivity contribution in [3.05, 3.63) is 35.9 Å². The molecule has 114 valence electrons. The van der Waals surface area contributed by atoms with E-state index in [1.807, 2.05) is 0 Å². The van der Waals surface area contributed by atoms with E-state index in [4.69, 9.17) is 5.73 Å². The summed E-state index contributed by atoms with van der Waals surface area (Å²) in [6.45, 7) is 1.81. The summed E-state index contributed by atoms with van der Waals surface area (Å²) in [7, 11) is 0. The number of likely N-dealkylation sites (tertiary alicyclic amines) is 1. The number of piperidine rings is 1. The fourth-order valence-electron chi connectivity index (χ4n) is 3.87. The van der Waals surface area contributed by atoms with E-state index in [0.717, 1.165) is 51.6 Å². The molecule has 3 rings (SSSR count). The molecule has 1 aromatic carbocycles. The van der Waals surface area contributed by atoms with E-state index >= 15 is 0 Å². The molecule has 0 radical (unpaired) electrons. The maximum Gasteiger partial charge on any atom is 0.225 e. The fourth-order valence-corrected chi connectivity index (χ4v) is 3.87. The molecule has 1 saturated heterocycles. The van der Waals surface area contributed by atoms with Gasteiger partial charge in [0.25, 0.3) is 0 Å². The first-order chi connectivity index (χ1) is 10.2. The van der Waals surface area contributed by atoms with Crippen LogP contribution < -0.4 is 5.73 Å². The van der Waals surface area contributed by atoms with E-state index in [-0.39, 0.29) is 12.0 Å². The van der Waals surface area contributed by atoms with Crippen molar-refractivity contribution in [2.45, 2.75) is 50.5 Å². The van der Waals surface area contributed by atoms with Crippen molar-refractivity contribution in [2.24, 2.45) is 11.7 Å². The average Bonchev–Trinajstić information content (AvgIpc) is 2.55. The number of rotatable bonds is 2. The average molecular weight is 286 g/mol. The predicted octanol–water partition coefficient (Wildman–Crippen LogP) is 2.91. The van der Waals surface area contributed by atoms with E-state index in [9.17, 15) is 4.79 Å². The van der Waals surface area contributed by atoms with E-state index in [1.165, 1.54) is 5.56 Å². The maximum atomic E-state index is 12.6. The van der Waals surface area contributed by atoms with Gasteiger partial charge in [-0.15, -0.1) is 0 Å². The lowest BCUT2D eigenvalue weighted by Gasteiger charge is -2.36. The van der Waals surface area contributed by atoms with E-state index in [1.54, 1.807) is 0 Å². The lowest BCUT2D eigenvalue weighted by molar-refractivity contribution is -0.137. The second kappa shape index (κ2) is 6.61. The van der Waals surface area contributed by atoms with Crippen LogP contribution in [-0.2, 0) is 4.79 Å². The van der Waals surface area contributed by atoms with Gasteiger partial charge in [-0.1, -0.05) is 36.8 Å². The summed E-state index contributed by atoms with van der Waals surface area (Å²) in [6, 6.07) is 10.9. The Kier molecular flexibility index (Phi) is 4.59. The summed E-state index contributed by atoms with van der Waals surface area (Å²) in [5.74, 6) is 1.16. The van der Waals surface area contributed by atoms with Gasteiger partial charge in [0.1, 0.15) is 0 Å². The van der Waals surface area contributed by atoms with Crippen LogP contribution in [0.15, 0.2) is 30.3 Å². The van der Waals surface area contributed by atoms with Crippen LogP contribution in [-0.4, -0.2) is 29.9 Å². The van der Waals surface area contributed by atoms with Crippen molar-refractivity contribution in [1.29, 1.82) is 0 Å². The summed E-state index contributed by atoms with van der Waals surface area (Å²) < 4.78 is 0. The van der Waals surface area contributed by atoms with Gasteiger partial charge < -0.3 is 10.6 Å². The lowest BCUT2D eigenvalue weighted by atomic mass is 9.84. The van der Waals surface area contributed by atoms with Gasteiger partial charge in [0.2, 0.25) is 5.91 Å². The minimum atomic E-state index is 0.182. The molecule has 0 spiro atoms. The quantitative estimate of drug-likeness (QED) is 0.908. The normalized spacial score (nSPS) is 27.6. The minimum Gasteiger partial charge on any atom is -0.342 e. The molecule has 2 fully saturated rings. The largest absolute Gasteiger partial charge is 0.342 e. The molecule has 3 heteroatoms. The molecular weight excluding hydrogens is 260 g/mol. The number of amides is 1. The summed E-state index contributed by atoms with van der Waals surface area (Å²) in [5.41, 5.74) is 7.44. The van der Waals surface area contributed by atoms with Crippen LogP contribution in [0.4, 0.5) is 0 Å². The third kappa shape index (κ3) is 3.46. The zero-order valence-electron chi connectivity index (χ0n) is 12.7. The topological polar surface area (TPSA) is 46.3 Å². The van der Waals surface area contributed by atoms with Crippen LogP contribution in [0.2, 0.25) is 0 Å². The van der Waals surface area contributed by atoms with Crippen molar-refractivity contribution in [3.8, 4) is 0 Å². The van der Waals surface area contributed by atoms with Gasteiger partial charge in [-0.25, -0.2) is 0 Å². The highest BCUT2D eigenvalue weighted by Gasteiger charge is 2.31. The fraction of sp³-hybridized carbons (Fsp3) is 0.611. The van der Waals surface area contributed by atoms with Gasteiger partial charge in [-0.05, 0) is 43.6 Å². The lowest BCUT2D eigenvalue weighted by Crippen LogP contribution is -2.44. The molecule has 1 heterocycles. The van der Waals surface area contributed by atoms with Gasteiger partial charge >= 0.3 is 0 Å². The Bertz CT molecular complexity index is 465. The minimum absolute atomic E-state index is 0.182. The van der Waals surface area contributed by atoms with E-state index < -0.39 is 0 Å². The highest BCUT2D eigenvalue weighted by atomic mass is 16.2. The second-order valence-corrected chi connectivity index (χ2v) is 6.63. The Hall–Kier alpha value is -1.35. The van der Waals surface area contributed by atoms with Gasteiger partial charge in [0, 0.05) is 25.0 Å². The molecule has 1 amide bonds. The molecule has 0 aromatic heterocycles. The summed E-state index contributed by atoms with van der Waals surface area (Å²) >= 11 is 0. The Morgan fingerprint density at radius 2 is 1.76 bits per heavy atom. The molecule has 2 unspecified atom stereocenters. The number of hydrogen-bond donors (Lipinski definition) is 1. The van der Waals surface area contributed by atoms with Crippen molar-refractivity contribution < 1.29 is 4.79 Å². The highest BCUT2D eigenvalue weighted by molar-refractivity contribution is 5.79. The van der Waals surface area contributed by atoms with Gasteiger partial charge in [0.05, 0.1) is 0 Å². The maximum absolute atomic E-state index is 12.6. The first-order valence-electron chi connectivity index (χ1n) is 8.33. The molecule has 0 bridgehead atoms. The van der Waals surface area contributed by atoms with Crippen molar-refractivity contribution in [1.82, 2.24) is 4.90 Å². The van der Waals surface area contributed by atoms with Crippen LogP contribution in [0.5, 0.6) is 0 Å². The molecule has 2 aliphatic rings. The Labute approximate surface area is 127 Å². The second-order valence-electron chi connectivity index (χ2n) is 6.63. The standard InChI is InChI=1S/C18H26N2O/c19-17-8-4-7-16(13-17)18(21)20-11-9-15(10-12-20)14-5-2-1-3-6-14/h1-3,5-6,15-17H,4,7-13,19H2. The number of nitrogens with zero attached hydrogens (tertiary/aromatic N) is 1. The highest BCUT2D eigenvalue weighted by Crippen LogP contribution is 2.30. The molecular formula is C18H26N2O. The third-order valence-electron chi connectivity index (χ3n) is 5.14. The molecule has 21 heavy (non-hydrogen) atoms. The van der Waals surface area contributed by atoms with Crippen molar-refractivity contribution in [3.63, 3.8) is 0 Å². The zero-order chi connectivity index (χ0) is 14.7. The molecule has 1 aliphatic heterocycles. The van der Waals surface area contributed by atoms with E-state index in [0.29, 0.717) is 11.8 Å². The van der Waals surface area contributed by atoms with Crippen LogP contribution in [0, 0.1) is 5.92 Å². The smallest absolute Gasteiger partial charge is 0.225 e. The Morgan fingerprint density at radius 1 is 1.05 bits per heavy atom. The molecule has 2 atom stereocenters. The third-order valence-corrected chi connectivity index (χ3v) is 5.14. The number of hydrogen-bond acceptors (Lipinski definition) is 2. The predicted molar refractivity (Wildman–Crippen MR) is 84.9 cm³/mol. The van der Waals surface area contributed by atoms with E-state index in [2.05, 4.69) is 35.2 Å². The number of carbonyl (C=O) groups excluding carboxylic acids is 1. The molecule has 1 aliphatic carbocycles. The Morgan fingerprint density at radius 3 is 2.43 bits per heavy atom. The Balaban J connectivity index is 1.54. The van der Waals surface area contributed by atoms with Gasteiger partial charge in [-0.3, -0.25) is 4.79 Å². The van der Waals surface area contributed by atoms with Crippen molar-refractivity contribution in [2.75, 3.05) is 13.1 Å². The van der Waals surface area contributed by atoms with Gasteiger partial charge in [0.15, 0.2) is 0 Å². The van der Waals surface area contributed by atoms with Crippen LogP contribution in [0.3, 0.4) is 0 Å². The summed E-state index contributed by atoms with van der Waals surface area (Å²) in [6.07, 6.45) is 6.30. The summed E-state index contributed by atoms with van der Waals surface area (Å²) in [4.78, 5) is 14.7. The summed E-state index contributed by atoms with van der Waals surface area (Å²) in [5, 5.41) is 0. The number of benzene rings is 1. The first kappa shape index (κ1) is 14.6. The number of nitrogens with two attached hydrogens (primary N) is 1. The number of carbonyl (C=O) groups is 1. The SMILES string of the molecule is NC1CCCC(C(=O)N2CCC(c3ccccc3)CC2)C1. The molecule has 1 saturated carbocycles. The monoisotopic (exact) mass is 286 g/mol. The van der Waals surface area contributed by atoms with Crippen LogP contribution in [0.1, 0.15) is 50.0 Å². The zero-order valence-corrected chi connectivity index (χ0v) is 12.7.